The smallest absolute Gasteiger partial charge is 0.00496 e. The Kier molecular flexibility index (Phi) is 4.56. The van der Waals surface area contributed by atoms with Crippen LogP contribution in [-0.4, -0.2) is 11.0 Å². The summed E-state index contributed by atoms with van der Waals surface area (Å²) in [5, 5.41) is 0.916. The van der Waals surface area contributed by atoms with Crippen molar-refractivity contribution in [1.82, 2.24) is 0 Å². The molecule has 1 saturated heterocycles. The molecule has 0 aromatic rings. The molecule has 2 atom stereocenters. The molecule has 1 rings (SSSR count). The lowest BCUT2D eigenvalue weighted by molar-refractivity contribution is 0.251. The highest BCUT2D eigenvalue weighted by Gasteiger charge is 2.31. The second-order valence-corrected chi connectivity index (χ2v) is 6.53. The van der Waals surface area contributed by atoms with E-state index < -0.39 is 0 Å². The molecule has 0 saturated carbocycles. The van der Waals surface area contributed by atoms with Crippen LogP contribution >= 0.6 is 11.8 Å². The minimum atomic E-state index is 0.602. The van der Waals surface area contributed by atoms with Crippen LogP contribution in [-0.2, 0) is 0 Å². The fraction of sp³-hybridized carbons (Fsp3) is 0.846. The minimum absolute atomic E-state index is 0.602. The van der Waals surface area contributed by atoms with Gasteiger partial charge in [-0.15, -0.1) is 6.58 Å². The molecule has 0 amide bonds. The van der Waals surface area contributed by atoms with Gasteiger partial charge in [0.25, 0.3) is 0 Å². The average molecular weight is 212 g/mol. The van der Waals surface area contributed by atoms with E-state index in [0.717, 1.165) is 5.25 Å². The van der Waals surface area contributed by atoms with Crippen LogP contribution in [0.25, 0.3) is 0 Å². The van der Waals surface area contributed by atoms with Crippen LogP contribution in [0.2, 0.25) is 0 Å². The fourth-order valence-corrected chi connectivity index (χ4v) is 3.89. The summed E-state index contributed by atoms with van der Waals surface area (Å²) in [6, 6.07) is 0. The zero-order valence-electron chi connectivity index (χ0n) is 9.94. The Bertz CT molecular complexity index is 197. The summed E-state index contributed by atoms with van der Waals surface area (Å²) in [6.07, 6.45) is 6.73. The van der Waals surface area contributed by atoms with Crippen LogP contribution in [0.1, 0.15) is 52.9 Å². The van der Waals surface area contributed by atoms with Crippen molar-refractivity contribution in [3.8, 4) is 0 Å². The molecule has 1 heteroatoms. The van der Waals surface area contributed by atoms with Crippen molar-refractivity contribution in [2.24, 2.45) is 5.41 Å². The van der Waals surface area contributed by atoms with Crippen LogP contribution < -0.4 is 0 Å². The molecule has 1 heterocycles. The summed E-state index contributed by atoms with van der Waals surface area (Å²) in [6.45, 7) is 10.9. The Morgan fingerprint density at radius 1 is 1.57 bits per heavy atom. The number of rotatable bonds is 4. The lowest BCUT2D eigenvalue weighted by Crippen LogP contribution is -2.27. The normalized spacial score (nSPS) is 32.9. The number of hydrogen-bond donors (Lipinski definition) is 0. The molecule has 0 radical (unpaired) electrons. The molecule has 0 bridgehead atoms. The van der Waals surface area contributed by atoms with Gasteiger partial charge in [-0.2, -0.15) is 11.8 Å². The van der Waals surface area contributed by atoms with Crippen LogP contribution in [0, 0.1) is 5.41 Å². The van der Waals surface area contributed by atoms with E-state index in [0.29, 0.717) is 5.41 Å². The predicted octanol–water partition coefficient (Wildman–Crippen LogP) is 4.65. The third kappa shape index (κ3) is 3.68. The Labute approximate surface area is 93.5 Å². The Hall–Kier alpha value is 0.0900. The highest BCUT2D eigenvalue weighted by atomic mass is 32.2. The van der Waals surface area contributed by atoms with E-state index in [1.54, 1.807) is 0 Å². The van der Waals surface area contributed by atoms with Crippen molar-refractivity contribution in [3.05, 3.63) is 12.2 Å². The van der Waals surface area contributed by atoms with Gasteiger partial charge in [-0.1, -0.05) is 19.4 Å². The monoisotopic (exact) mass is 212 g/mol. The van der Waals surface area contributed by atoms with Gasteiger partial charge in [-0.3, -0.25) is 0 Å². The largest absolute Gasteiger partial charge is 0.159 e. The van der Waals surface area contributed by atoms with Crippen LogP contribution in [0.4, 0.5) is 0 Å². The Balaban J connectivity index is 2.42. The van der Waals surface area contributed by atoms with Crippen molar-refractivity contribution in [2.45, 2.75) is 58.1 Å². The molecule has 1 aliphatic rings. The first kappa shape index (κ1) is 12.2. The standard InChI is InChI=1S/C13H24S/c1-5-12-10-13(4,8-9-14-12)7-6-11(2)3/h12H,2,5-10H2,1,3-4H3. The van der Waals surface area contributed by atoms with Gasteiger partial charge in [0.15, 0.2) is 0 Å². The highest BCUT2D eigenvalue weighted by molar-refractivity contribution is 7.99. The number of allylic oxidation sites excluding steroid dienone is 1. The first-order valence-corrected chi connectivity index (χ1v) is 6.86. The lowest BCUT2D eigenvalue weighted by Gasteiger charge is -2.38. The number of thioether (sulfide) groups is 1. The zero-order valence-corrected chi connectivity index (χ0v) is 10.8. The van der Waals surface area contributed by atoms with Crippen molar-refractivity contribution < 1.29 is 0 Å². The van der Waals surface area contributed by atoms with Gasteiger partial charge in [0, 0.05) is 5.25 Å². The van der Waals surface area contributed by atoms with E-state index >= 15 is 0 Å². The molecule has 0 spiro atoms. The maximum absolute atomic E-state index is 4.00. The molecule has 0 aliphatic carbocycles. The third-order valence-electron chi connectivity index (χ3n) is 3.39. The quantitative estimate of drug-likeness (QED) is 0.611. The summed E-state index contributed by atoms with van der Waals surface area (Å²) in [5.74, 6) is 1.37. The predicted molar refractivity (Wildman–Crippen MR) is 67.9 cm³/mol. The molecular formula is C13H24S. The van der Waals surface area contributed by atoms with Gasteiger partial charge in [0.05, 0.1) is 0 Å². The summed E-state index contributed by atoms with van der Waals surface area (Å²) < 4.78 is 0. The molecule has 0 aromatic heterocycles. The second kappa shape index (κ2) is 5.25. The molecule has 0 aromatic carbocycles. The van der Waals surface area contributed by atoms with Crippen LogP contribution in [0.3, 0.4) is 0 Å². The van der Waals surface area contributed by atoms with Crippen molar-refractivity contribution >= 4 is 11.8 Å². The van der Waals surface area contributed by atoms with E-state index in [4.69, 9.17) is 0 Å². The molecular weight excluding hydrogens is 188 g/mol. The van der Waals surface area contributed by atoms with E-state index in [9.17, 15) is 0 Å². The van der Waals surface area contributed by atoms with E-state index in [-0.39, 0.29) is 0 Å². The average Bonchev–Trinajstić information content (AvgIpc) is 2.15. The van der Waals surface area contributed by atoms with Gasteiger partial charge >= 0.3 is 0 Å². The van der Waals surface area contributed by atoms with Gasteiger partial charge in [0.2, 0.25) is 0 Å². The fourth-order valence-electron chi connectivity index (χ4n) is 2.19. The SMILES string of the molecule is C=C(C)CCC1(C)CCSC(CC)C1. The van der Waals surface area contributed by atoms with Crippen LogP contribution in [0.5, 0.6) is 0 Å². The van der Waals surface area contributed by atoms with Crippen LogP contribution in [0.15, 0.2) is 12.2 Å². The van der Waals surface area contributed by atoms with Gasteiger partial charge < -0.3 is 0 Å². The van der Waals surface area contributed by atoms with Gasteiger partial charge in [-0.05, 0) is 50.2 Å². The molecule has 14 heavy (non-hydrogen) atoms. The Morgan fingerprint density at radius 2 is 2.29 bits per heavy atom. The first-order chi connectivity index (χ1) is 6.56. The topological polar surface area (TPSA) is 0 Å². The molecule has 0 nitrogen and oxygen atoms in total. The number of hydrogen-bond acceptors (Lipinski definition) is 1. The van der Waals surface area contributed by atoms with E-state index in [1.807, 2.05) is 0 Å². The van der Waals surface area contributed by atoms with Crippen molar-refractivity contribution in [2.75, 3.05) is 5.75 Å². The second-order valence-electron chi connectivity index (χ2n) is 5.12. The summed E-state index contributed by atoms with van der Waals surface area (Å²) >= 11 is 2.18. The summed E-state index contributed by atoms with van der Waals surface area (Å²) in [4.78, 5) is 0. The maximum Gasteiger partial charge on any atom is 0.00496 e. The third-order valence-corrected chi connectivity index (χ3v) is 4.80. The molecule has 1 fully saturated rings. The molecule has 1 aliphatic heterocycles. The molecule has 2 unspecified atom stereocenters. The maximum atomic E-state index is 4.00. The van der Waals surface area contributed by atoms with Gasteiger partial charge in [0.1, 0.15) is 0 Å². The first-order valence-electron chi connectivity index (χ1n) is 5.82. The Morgan fingerprint density at radius 3 is 2.86 bits per heavy atom. The molecule has 82 valence electrons. The zero-order chi connectivity index (χ0) is 10.6. The summed E-state index contributed by atoms with van der Waals surface area (Å²) in [5.41, 5.74) is 1.95. The minimum Gasteiger partial charge on any atom is -0.159 e. The highest BCUT2D eigenvalue weighted by Crippen LogP contribution is 2.43. The van der Waals surface area contributed by atoms with Crippen molar-refractivity contribution in [1.29, 1.82) is 0 Å². The summed E-state index contributed by atoms with van der Waals surface area (Å²) in [7, 11) is 0. The van der Waals surface area contributed by atoms with Gasteiger partial charge in [-0.25, -0.2) is 0 Å². The lowest BCUT2D eigenvalue weighted by atomic mass is 9.77. The van der Waals surface area contributed by atoms with E-state index in [2.05, 4.69) is 39.1 Å². The van der Waals surface area contributed by atoms with E-state index in [1.165, 1.54) is 43.4 Å². The van der Waals surface area contributed by atoms with Crippen molar-refractivity contribution in [3.63, 3.8) is 0 Å². The molecule has 0 N–H and O–H groups in total.